The smallest absolute Gasteiger partial charge is 0.262 e. The molecule has 1 saturated heterocycles. The third-order valence-electron chi connectivity index (χ3n) is 12.7. The minimum atomic E-state index is -2.98. The van der Waals surface area contributed by atoms with Gasteiger partial charge in [-0.2, -0.15) is 0 Å². The first-order valence-corrected chi connectivity index (χ1v) is 19.9. The number of nitrogens with one attached hydrogen (secondary N) is 1. The molecule has 2 aromatic carbocycles. The molecule has 2 bridgehead atoms. The molecule has 1 unspecified atom stereocenters. The molecular weight excluding hydrogens is 646 g/mol. The summed E-state index contributed by atoms with van der Waals surface area (Å²) in [5.74, 6) is 4.07. The summed E-state index contributed by atoms with van der Waals surface area (Å²) in [6.45, 7) is 6.44. The van der Waals surface area contributed by atoms with E-state index in [1.807, 2.05) is 39.1 Å². The summed E-state index contributed by atoms with van der Waals surface area (Å²) < 4.78 is 23.3. The molecule has 2 fully saturated rings. The van der Waals surface area contributed by atoms with E-state index in [0.29, 0.717) is 63.2 Å². The molecule has 8 atom stereocenters. The number of carbonyl (C=O) groups excluding carboxylic acids is 2. The van der Waals surface area contributed by atoms with E-state index in [0.717, 1.165) is 42.8 Å². The standard InChI is InChI=1S/C38H50ClN3O5S/c1-24-7-5-17-38(45,32-15-18-41(3)36(32)44)31-12-9-28(31)21-42-22-37(16-6-8-26-19-29(39)11-13-30(26)37)23-47-34-14-10-27(20-33(34)42)35(43)40-48(4,46)25(24)2/h10-11,13-14,19-20,24-25,28,31-32,45H,4-9,12,15-18,21-23H2,1-3H3,(H,40,43,46)/t24-,25+,28-,31+,32-,37-,38+,48?/m0/s1. The molecule has 3 aliphatic heterocycles. The zero-order chi connectivity index (χ0) is 34.0. The van der Waals surface area contributed by atoms with Crippen molar-refractivity contribution in [1.82, 2.24) is 9.62 Å². The predicted molar refractivity (Wildman–Crippen MR) is 192 cm³/mol. The molecule has 5 aliphatic rings. The summed E-state index contributed by atoms with van der Waals surface area (Å²) in [7, 11) is -1.15. The number of ether oxygens (including phenoxy) is 1. The third kappa shape index (κ3) is 5.81. The van der Waals surface area contributed by atoms with Gasteiger partial charge in [-0.25, -0.2) is 4.21 Å². The second kappa shape index (κ2) is 12.5. The highest BCUT2D eigenvalue weighted by atomic mass is 35.5. The first-order valence-electron chi connectivity index (χ1n) is 17.8. The highest BCUT2D eigenvalue weighted by Crippen LogP contribution is 2.52. The van der Waals surface area contributed by atoms with Crippen LogP contribution in [-0.4, -0.2) is 76.0 Å². The molecule has 2 N–H and O–H groups in total. The number of hydrogen-bond donors (Lipinski definition) is 2. The average molecular weight is 696 g/mol. The second-order valence-electron chi connectivity index (χ2n) is 15.6. The molecule has 3 heterocycles. The van der Waals surface area contributed by atoms with Gasteiger partial charge in [0.15, 0.2) is 0 Å². The Balaban J connectivity index is 1.32. The maximum atomic E-state index is 13.9. The Morgan fingerprint density at radius 3 is 2.60 bits per heavy atom. The molecule has 8 nitrogen and oxygen atoms in total. The van der Waals surface area contributed by atoms with Crippen LogP contribution in [0.1, 0.15) is 86.7 Å². The van der Waals surface area contributed by atoms with Crippen molar-refractivity contribution in [2.75, 3.05) is 38.2 Å². The molecule has 1 saturated carbocycles. The van der Waals surface area contributed by atoms with Crippen LogP contribution in [0.15, 0.2) is 36.4 Å². The van der Waals surface area contributed by atoms with Gasteiger partial charge in [-0.15, -0.1) is 0 Å². The van der Waals surface area contributed by atoms with E-state index in [9.17, 15) is 18.9 Å². The van der Waals surface area contributed by atoms with Crippen molar-refractivity contribution in [2.45, 2.75) is 87.9 Å². The Hall–Kier alpha value is -2.75. The van der Waals surface area contributed by atoms with Crippen molar-refractivity contribution in [3.8, 4) is 5.75 Å². The molecule has 2 aliphatic carbocycles. The molecular formula is C38H50ClN3O5S. The monoisotopic (exact) mass is 695 g/mol. The van der Waals surface area contributed by atoms with Crippen LogP contribution < -0.4 is 14.4 Å². The molecule has 0 aromatic heterocycles. The lowest BCUT2D eigenvalue weighted by Gasteiger charge is -2.52. The number of rotatable bonds is 1. The number of aryl methyl sites for hydroxylation is 1. The van der Waals surface area contributed by atoms with E-state index in [4.69, 9.17) is 16.3 Å². The van der Waals surface area contributed by atoms with E-state index >= 15 is 0 Å². The average Bonchev–Trinajstić information content (AvgIpc) is 3.29. The molecule has 1 spiro atoms. The van der Waals surface area contributed by atoms with Crippen molar-refractivity contribution in [3.63, 3.8) is 0 Å². The lowest BCUT2D eigenvalue weighted by Crippen LogP contribution is -2.57. The highest BCUT2D eigenvalue weighted by molar-refractivity contribution is 7.99. The number of aliphatic hydroxyl groups is 1. The maximum Gasteiger partial charge on any atom is 0.262 e. The summed E-state index contributed by atoms with van der Waals surface area (Å²) in [5.41, 5.74) is 2.36. The fourth-order valence-electron chi connectivity index (χ4n) is 9.51. The number of hydrogen-bond acceptors (Lipinski definition) is 6. The van der Waals surface area contributed by atoms with Crippen LogP contribution in [0.4, 0.5) is 5.69 Å². The van der Waals surface area contributed by atoms with E-state index < -0.39 is 27.1 Å². The van der Waals surface area contributed by atoms with Gasteiger partial charge in [0.05, 0.1) is 33.5 Å². The minimum absolute atomic E-state index is 0.00743. The topological polar surface area (TPSA) is 99.2 Å². The number of carbonyl (C=O) groups is 2. The van der Waals surface area contributed by atoms with E-state index in [2.05, 4.69) is 27.6 Å². The molecule has 7 rings (SSSR count). The lowest BCUT2D eigenvalue weighted by atomic mass is 9.59. The van der Waals surface area contributed by atoms with Crippen molar-refractivity contribution in [3.05, 3.63) is 58.1 Å². The summed E-state index contributed by atoms with van der Waals surface area (Å²) in [5, 5.41) is 13.1. The van der Waals surface area contributed by atoms with E-state index in [-0.39, 0.29) is 34.3 Å². The third-order valence-corrected chi connectivity index (χ3v) is 15.2. The van der Waals surface area contributed by atoms with Crippen molar-refractivity contribution in [1.29, 1.82) is 0 Å². The van der Waals surface area contributed by atoms with Crippen LogP contribution in [0.5, 0.6) is 5.75 Å². The first-order chi connectivity index (χ1) is 22.8. The zero-order valence-electron chi connectivity index (χ0n) is 28.5. The van der Waals surface area contributed by atoms with Gasteiger partial charge in [0, 0.05) is 47.9 Å². The quantitative estimate of drug-likeness (QED) is 0.376. The van der Waals surface area contributed by atoms with E-state index in [1.54, 1.807) is 11.0 Å². The molecule has 2 aromatic rings. The molecule has 48 heavy (non-hydrogen) atoms. The van der Waals surface area contributed by atoms with Crippen LogP contribution in [0, 0.1) is 23.7 Å². The Bertz CT molecular complexity index is 1720. The fraction of sp³-hybridized carbons (Fsp3) is 0.605. The minimum Gasteiger partial charge on any atom is -0.490 e. The summed E-state index contributed by atoms with van der Waals surface area (Å²) in [4.78, 5) is 31.3. The van der Waals surface area contributed by atoms with Crippen molar-refractivity contribution < 1.29 is 23.6 Å². The van der Waals surface area contributed by atoms with Crippen LogP contribution >= 0.6 is 11.6 Å². The molecule has 10 heteroatoms. The van der Waals surface area contributed by atoms with Gasteiger partial charge in [0.2, 0.25) is 5.91 Å². The lowest BCUT2D eigenvalue weighted by molar-refractivity contribution is -0.154. The number of likely N-dealkylation sites (tertiary alicyclic amines) is 1. The number of benzene rings is 2. The SMILES string of the molecule is C=S1(=O)NC(=O)c2ccc3c(c2)N(C[C@@H]2CC[C@H]2[C@@](O)([C@H]2CCN(C)C2=O)CCC[C@H](C)[C@H]1C)C[C@@]1(CCCc2cc(Cl)ccc21)CO3. The van der Waals surface area contributed by atoms with Gasteiger partial charge in [0.1, 0.15) is 5.75 Å². The van der Waals surface area contributed by atoms with E-state index in [1.165, 1.54) is 11.1 Å². The van der Waals surface area contributed by atoms with Crippen LogP contribution in [0.3, 0.4) is 0 Å². The van der Waals surface area contributed by atoms with Gasteiger partial charge in [-0.1, -0.05) is 31.0 Å². The van der Waals surface area contributed by atoms with Gasteiger partial charge >= 0.3 is 0 Å². The van der Waals surface area contributed by atoms with Gasteiger partial charge < -0.3 is 19.6 Å². The van der Waals surface area contributed by atoms with Crippen LogP contribution in [0.25, 0.3) is 0 Å². The van der Waals surface area contributed by atoms with Crippen molar-refractivity contribution >= 4 is 44.7 Å². The number of fused-ring (bicyclic) bond motifs is 4. The number of amides is 2. The summed E-state index contributed by atoms with van der Waals surface area (Å²) in [6.07, 6.45) is 7.38. The summed E-state index contributed by atoms with van der Waals surface area (Å²) in [6, 6.07) is 11.7. The Labute approximate surface area is 290 Å². The Morgan fingerprint density at radius 2 is 1.88 bits per heavy atom. The molecule has 2 amide bonds. The van der Waals surface area contributed by atoms with Crippen molar-refractivity contribution in [2.24, 2.45) is 23.7 Å². The zero-order valence-corrected chi connectivity index (χ0v) is 30.1. The molecule has 260 valence electrons. The first kappa shape index (κ1) is 33.7. The normalized spacial score (nSPS) is 37.1. The number of halogens is 1. The summed E-state index contributed by atoms with van der Waals surface area (Å²) >= 11 is 6.46. The highest BCUT2D eigenvalue weighted by Gasteiger charge is 2.55. The van der Waals surface area contributed by atoms with Gasteiger partial charge in [-0.05, 0) is 123 Å². The van der Waals surface area contributed by atoms with Gasteiger partial charge in [0.25, 0.3) is 5.91 Å². The Kier molecular flexibility index (Phi) is 8.81. The fourth-order valence-corrected chi connectivity index (χ4v) is 11.2. The van der Waals surface area contributed by atoms with Gasteiger partial charge in [-0.3, -0.25) is 14.3 Å². The predicted octanol–water partition coefficient (Wildman–Crippen LogP) is 5.62. The molecule has 0 radical (unpaired) electrons. The second-order valence-corrected chi connectivity index (χ2v) is 18.4. The maximum absolute atomic E-state index is 13.9. The largest absolute Gasteiger partial charge is 0.490 e. The van der Waals surface area contributed by atoms with Crippen LogP contribution in [-0.2, 0) is 26.3 Å². The Morgan fingerprint density at radius 1 is 1.06 bits per heavy atom. The number of nitrogens with zero attached hydrogens (tertiary/aromatic N) is 2. The van der Waals surface area contributed by atoms with Crippen LogP contribution in [0.2, 0.25) is 5.02 Å². The number of anilines is 1.